The van der Waals surface area contributed by atoms with Crippen LogP contribution in [0.1, 0.15) is 31.2 Å². The molecule has 7 nitrogen and oxygen atoms in total. The Bertz CT molecular complexity index is 1130. The van der Waals surface area contributed by atoms with E-state index in [0.717, 1.165) is 47.9 Å². The Morgan fingerprint density at radius 1 is 1.18 bits per heavy atom. The molecule has 1 atom stereocenters. The number of hydrogen-bond acceptors (Lipinski definition) is 4. The number of carbonyl (C=O) groups excluding carboxylic acids is 1. The SMILES string of the molecule is CN1C=C(c2ccc3c([nH]c(=O)n3C)c2OC2CCCC2)C2=CC=NC2C1=O. The van der Waals surface area contributed by atoms with Crippen LogP contribution in [-0.2, 0) is 11.8 Å². The number of aromatic amines is 1. The van der Waals surface area contributed by atoms with Crippen molar-refractivity contribution in [3.63, 3.8) is 0 Å². The van der Waals surface area contributed by atoms with Gasteiger partial charge in [-0.05, 0) is 49.5 Å². The van der Waals surface area contributed by atoms with E-state index in [1.807, 2.05) is 24.4 Å². The van der Waals surface area contributed by atoms with Crippen LogP contribution in [0.3, 0.4) is 0 Å². The summed E-state index contributed by atoms with van der Waals surface area (Å²) in [6.45, 7) is 0. The van der Waals surface area contributed by atoms with Gasteiger partial charge in [-0.25, -0.2) is 4.79 Å². The minimum absolute atomic E-state index is 0.0452. The summed E-state index contributed by atoms with van der Waals surface area (Å²) >= 11 is 0. The summed E-state index contributed by atoms with van der Waals surface area (Å²) in [4.78, 5) is 33.6. The third kappa shape index (κ3) is 2.46. The Morgan fingerprint density at radius 3 is 2.75 bits per heavy atom. The molecule has 28 heavy (non-hydrogen) atoms. The Balaban J connectivity index is 1.71. The molecule has 7 heteroatoms. The van der Waals surface area contributed by atoms with Crippen molar-refractivity contribution < 1.29 is 9.53 Å². The van der Waals surface area contributed by atoms with Gasteiger partial charge >= 0.3 is 5.69 Å². The van der Waals surface area contributed by atoms with Crippen molar-refractivity contribution >= 4 is 28.7 Å². The van der Waals surface area contributed by atoms with E-state index in [-0.39, 0.29) is 17.7 Å². The highest BCUT2D eigenvalue weighted by Crippen LogP contribution is 2.41. The molecule has 2 aromatic rings. The van der Waals surface area contributed by atoms with Gasteiger partial charge in [-0.1, -0.05) is 0 Å². The summed E-state index contributed by atoms with van der Waals surface area (Å²) in [5.41, 5.74) is 3.99. The highest BCUT2D eigenvalue weighted by Gasteiger charge is 2.35. The fourth-order valence-corrected chi connectivity index (χ4v) is 4.34. The molecule has 3 heterocycles. The lowest BCUT2D eigenvalue weighted by molar-refractivity contribution is -0.128. The normalized spacial score (nSPS) is 22.0. The molecule has 1 unspecified atom stereocenters. The summed E-state index contributed by atoms with van der Waals surface area (Å²) in [6.07, 6.45) is 9.89. The van der Waals surface area contributed by atoms with Crippen molar-refractivity contribution in [1.29, 1.82) is 0 Å². The first kappa shape index (κ1) is 17.0. The molecule has 0 saturated heterocycles. The third-order valence-corrected chi connectivity index (χ3v) is 5.91. The van der Waals surface area contributed by atoms with Crippen molar-refractivity contribution in [2.45, 2.75) is 37.8 Å². The topological polar surface area (TPSA) is 79.7 Å². The number of allylic oxidation sites excluding steroid dienone is 1. The average molecular weight is 378 g/mol. The van der Waals surface area contributed by atoms with Crippen LogP contribution in [0.5, 0.6) is 5.75 Å². The molecule has 2 aliphatic heterocycles. The first-order valence-corrected chi connectivity index (χ1v) is 9.65. The molecule has 144 valence electrons. The van der Waals surface area contributed by atoms with Crippen molar-refractivity contribution in [2.75, 3.05) is 7.05 Å². The number of H-pyrrole nitrogens is 1. The van der Waals surface area contributed by atoms with Crippen molar-refractivity contribution in [3.05, 3.63) is 46.0 Å². The summed E-state index contributed by atoms with van der Waals surface area (Å²) in [6, 6.07) is 3.40. The molecule has 1 N–H and O–H groups in total. The van der Waals surface area contributed by atoms with Gasteiger partial charge in [-0.15, -0.1) is 0 Å². The monoisotopic (exact) mass is 378 g/mol. The lowest BCUT2D eigenvalue weighted by Crippen LogP contribution is -2.36. The van der Waals surface area contributed by atoms with Crippen LogP contribution in [-0.4, -0.2) is 45.8 Å². The highest BCUT2D eigenvalue weighted by molar-refractivity contribution is 6.05. The Labute approximate surface area is 162 Å². The van der Waals surface area contributed by atoms with Crippen LogP contribution in [0, 0.1) is 0 Å². The van der Waals surface area contributed by atoms with Gasteiger partial charge in [0.2, 0.25) is 0 Å². The maximum Gasteiger partial charge on any atom is 0.326 e. The maximum absolute atomic E-state index is 12.5. The molecule has 0 radical (unpaired) electrons. The maximum atomic E-state index is 12.5. The van der Waals surface area contributed by atoms with E-state index in [4.69, 9.17) is 4.74 Å². The number of fused-ring (bicyclic) bond motifs is 2. The van der Waals surface area contributed by atoms with E-state index < -0.39 is 6.04 Å². The Hall–Kier alpha value is -3.09. The van der Waals surface area contributed by atoms with Gasteiger partial charge in [-0.3, -0.25) is 14.4 Å². The van der Waals surface area contributed by atoms with Gasteiger partial charge in [0, 0.05) is 37.6 Å². The zero-order valence-corrected chi connectivity index (χ0v) is 15.9. The largest absolute Gasteiger partial charge is 0.488 e. The van der Waals surface area contributed by atoms with Crippen molar-refractivity contribution in [3.8, 4) is 5.75 Å². The van der Waals surface area contributed by atoms with Crippen LogP contribution < -0.4 is 10.4 Å². The zero-order valence-electron chi connectivity index (χ0n) is 15.9. The molecular formula is C21H22N4O3. The number of aliphatic imine (C=N–C) groups is 1. The van der Waals surface area contributed by atoms with E-state index >= 15 is 0 Å². The predicted molar refractivity (Wildman–Crippen MR) is 108 cm³/mol. The number of likely N-dealkylation sites (N-methyl/N-ethyl adjacent to an activating group) is 1. The van der Waals surface area contributed by atoms with E-state index in [0.29, 0.717) is 11.3 Å². The fourth-order valence-electron chi connectivity index (χ4n) is 4.34. The Morgan fingerprint density at radius 2 is 1.96 bits per heavy atom. The third-order valence-electron chi connectivity index (χ3n) is 5.91. The van der Waals surface area contributed by atoms with Crippen LogP contribution in [0.4, 0.5) is 0 Å². The summed E-state index contributed by atoms with van der Waals surface area (Å²) < 4.78 is 8.05. The van der Waals surface area contributed by atoms with Gasteiger partial charge in [0.05, 0.1) is 11.6 Å². The fraction of sp³-hybridized carbons (Fsp3) is 0.381. The van der Waals surface area contributed by atoms with Crippen molar-refractivity contribution in [2.24, 2.45) is 12.0 Å². The van der Waals surface area contributed by atoms with Crippen LogP contribution >= 0.6 is 0 Å². The number of imidazole rings is 1. The number of rotatable bonds is 3. The number of aromatic nitrogens is 2. The number of nitrogens with zero attached hydrogens (tertiary/aromatic N) is 3. The highest BCUT2D eigenvalue weighted by atomic mass is 16.5. The van der Waals surface area contributed by atoms with Crippen molar-refractivity contribution in [1.82, 2.24) is 14.5 Å². The van der Waals surface area contributed by atoms with Gasteiger partial charge in [0.1, 0.15) is 5.52 Å². The van der Waals surface area contributed by atoms with E-state index in [9.17, 15) is 9.59 Å². The first-order valence-electron chi connectivity index (χ1n) is 9.65. The smallest absolute Gasteiger partial charge is 0.326 e. The number of aryl methyl sites for hydroxylation is 1. The molecule has 1 amide bonds. The van der Waals surface area contributed by atoms with Gasteiger partial charge < -0.3 is 14.6 Å². The molecule has 1 aliphatic carbocycles. The van der Waals surface area contributed by atoms with Crippen LogP contribution in [0.2, 0.25) is 0 Å². The average Bonchev–Trinajstić information content (AvgIpc) is 3.41. The number of amides is 1. The quantitative estimate of drug-likeness (QED) is 0.891. The molecule has 0 bridgehead atoms. The second kappa shape index (κ2) is 6.22. The van der Waals surface area contributed by atoms with E-state index in [1.165, 1.54) is 0 Å². The minimum Gasteiger partial charge on any atom is -0.488 e. The second-order valence-electron chi connectivity index (χ2n) is 7.66. The molecule has 0 spiro atoms. The lowest BCUT2D eigenvalue weighted by Gasteiger charge is -2.28. The number of carbonyl (C=O) groups is 1. The van der Waals surface area contributed by atoms with Gasteiger partial charge in [0.15, 0.2) is 11.8 Å². The van der Waals surface area contributed by atoms with E-state index in [1.54, 1.807) is 29.8 Å². The molecule has 1 aromatic heterocycles. The van der Waals surface area contributed by atoms with Gasteiger partial charge in [-0.2, -0.15) is 0 Å². The molecule has 1 saturated carbocycles. The molecular weight excluding hydrogens is 356 g/mol. The summed E-state index contributed by atoms with van der Waals surface area (Å²) in [5, 5.41) is 0. The molecule has 1 fully saturated rings. The van der Waals surface area contributed by atoms with Crippen LogP contribution in [0.25, 0.3) is 16.6 Å². The van der Waals surface area contributed by atoms with E-state index in [2.05, 4.69) is 9.98 Å². The number of nitrogens with one attached hydrogen (secondary N) is 1. The Kier molecular flexibility index (Phi) is 3.79. The minimum atomic E-state index is -0.505. The predicted octanol–water partition coefficient (Wildman–Crippen LogP) is 2.38. The summed E-state index contributed by atoms with van der Waals surface area (Å²) in [7, 11) is 3.49. The molecule has 5 rings (SSSR count). The zero-order chi connectivity index (χ0) is 19.4. The molecule has 3 aliphatic rings. The van der Waals surface area contributed by atoms with Crippen LogP contribution in [0.15, 0.2) is 39.8 Å². The number of hydrogen-bond donors (Lipinski definition) is 1. The standard InChI is InChI=1S/C21H22N4O3/c1-24-11-15(13-9-10-22-17(13)20(24)26)14-7-8-16-18(23-21(27)25(16)2)19(14)28-12-5-3-4-6-12/h7-12,17H,3-6H2,1-2H3,(H,23,27). The number of ether oxygens (including phenoxy) is 1. The lowest BCUT2D eigenvalue weighted by atomic mass is 9.90. The van der Waals surface area contributed by atoms with Gasteiger partial charge in [0.25, 0.3) is 5.91 Å². The first-order chi connectivity index (χ1) is 13.5. The number of benzene rings is 1. The summed E-state index contributed by atoms with van der Waals surface area (Å²) in [5.74, 6) is 0.638. The molecule has 1 aromatic carbocycles. The second-order valence-corrected chi connectivity index (χ2v) is 7.66.